The summed E-state index contributed by atoms with van der Waals surface area (Å²) in [5.74, 6) is 1.65. The predicted molar refractivity (Wildman–Crippen MR) is 77.6 cm³/mol. The van der Waals surface area contributed by atoms with Crippen molar-refractivity contribution in [2.75, 3.05) is 12.4 Å². The fourth-order valence-electron chi connectivity index (χ4n) is 1.82. The topological polar surface area (TPSA) is 49.7 Å². The van der Waals surface area contributed by atoms with E-state index in [-0.39, 0.29) is 11.5 Å². The summed E-state index contributed by atoms with van der Waals surface area (Å²) in [5.41, 5.74) is 0. The molecule has 0 aromatic heterocycles. The number of aromatic hydroxyl groups is 2. The zero-order valence-corrected chi connectivity index (χ0v) is 11.8. The third kappa shape index (κ3) is 4.21. The molecule has 1 aliphatic rings. The maximum atomic E-state index is 9.31. The van der Waals surface area contributed by atoms with Crippen LogP contribution in [0.3, 0.4) is 0 Å². The van der Waals surface area contributed by atoms with Crippen molar-refractivity contribution in [1.82, 2.24) is 0 Å². The summed E-state index contributed by atoms with van der Waals surface area (Å²) in [5, 5.41) is 19.3. The van der Waals surface area contributed by atoms with Gasteiger partial charge in [0, 0.05) is 17.1 Å². The smallest absolute Gasteiger partial charge is 0.161 e. The van der Waals surface area contributed by atoms with Crippen LogP contribution in [0.2, 0.25) is 0 Å². The SMILES string of the molecule is Oc1ccc(OCCCCC2CCSS2)cc1O. The first-order valence-electron chi connectivity index (χ1n) is 6.19. The van der Waals surface area contributed by atoms with Crippen LogP contribution in [0.5, 0.6) is 17.2 Å². The minimum atomic E-state index is -0.133. The molecule has 1 saturated heterocycles. The van der Waals surface area contributed by atoms with E-state index in [0.717, 1.165) is 11.7 Å². The Balaban J connectivity index is 1.61. The van der Waals surface area contributed by atoms with Crippen LogP contribution >= 0.6 is 21.6 Å². The van der Waals surface area contributed by atoms with Crippen molar-refractivity contribution in [1.29, 1.82) is 0 Å². The van der Waals surface area contributed by atoms with Gasteiger partial charge in [0.1, 0.15) is 5.75 Å². The van der Waals surface area contributed by atoms with E-state index in [4.69, 9.17) is 9.84 Å². The van der Waals surface area contributed by atoms with Crippen LogP contribution in [0.4, 0.5) is 0 Å². The Hall–Kier alpha value is -0.680. The first kappa shape index (κ1) is 13.7. The second-order valence-corrected chi connectivity index (χ2v) is 7.11. The molecule has 1 fully saturated rings. The monoisotopic (exact) mass is 286 g/mol. The number of unbranched alkanes of at least 4 members (excludes halogenated alkanes) is 1. The van der Waals surface area contributed by atoms with Crippen molar-refractivity contribution >= 4 is 21.6 Å². The summed E-state index contributed by atoms with van der Waals surface area (Å²) in [6.45, 7) is 0.661. The molecule has 1 heterocycles. The predicted octanol–water partition coefficient (Wildman–Crippen LogP) is 3.80. The Bertz CT molecular complexity index is 378. The lowest BCUT2D eigenvalue weighted by Gasteiger charge is -2.09. The number of rotatable bonds is 6. The van der Waals surface area contributed by atoms with E-state index in [1.54, 1.807) is 6.07 Å². The number of hydrogen-bond acceptors (Lipinski definition) is 5. The van der Waals surface area contributed by atoms with Crippen LogP contribution in [0.25, 0.3) is 0 Å². The molecule has 0 saturated carbocycles. The Labute approximate surface area is 115 Å². The molecular weight excluding hydrogens is 268 g/mol. The largest absolute Gasteiger partial charge is 0.504 e. The van der Waals surface area contributed by atoms with Gasteiger partial charge in [0.05, 0.1) is 6.61 Å². The van der Waals surface area contributed by atoms with Crippen molar-refractivity contribution < 1.29 is 14.9 Å². The van der Waals surface area contributed by atoms with Crippen molar-refractivity contribution in [3.05, 3.63) is 18.2 Å². The van der Waals surface area contributed by atoms with Crippen LogP contribution < -0.4 is 4.74 Å². The molecular formula is C13H18O3S2. The Morgan fingerprint density at radius 3 is 2.83 bits per heavy atom. The van der Waals surface area contributed by atoms with Gasteiger partial charge in [-0.05, 0) is 37.8 Å². The van der Waals surface area contributed by atoms with Crippen LogP contribution in [0.15, 0.2) is 18.2 Å². The van der Waals surface area contributed by atoms with E-state index in [0.29, 0.717) is 12.4 Å². The summed E-state index contributed by atoms with van der Waals surface area (Å²) in [6, 6.07) is 4.55. The number of ether oxygens (including phenoxy) is 1. The summed E-state index contributed by atoms with van der Waals surface area (Å²) in [6.07, 6.45) is 4.82. The van der Waals surface area contributed by atoms with E-state index in [1.807, 2.05) is 21.6 Å². The fourth-order valence-corrected chi connectivity index (χ4v) is 4.85. The lowest BCUT2D eigenvalue weighted by atomic mass is 10.1. The van der Waals surface area contributed by atoms with Gasteiger partial charge in [0.2, 0.25) is 0 Å². The minimum Gasteiger partial charge on any atom is -0.504 e. The van der Waals surface area contributed by atoms with Gasteiger partial charge in [-0.25, -0.2) is 0 Å². The fraction of sp³-hybridized carbons (Fsp3) is 0.538. The molecule has 0 aliphatic carbocycles. The van der Waals surface area contributed by atoms with Gasteiger partial charge >= 0.3 is 0 Å². The zero-order chi connectivity index (χ0) is 12.8. The molecule has 18 heavy (non-hydrogen) atoms. The molecule has 2 rings (SSSR count). The van der Waals surface area contributed by atoms with Gasteiger partial charge in [-0.15, -0.1) is 0 Å². The van der Waals surface area contributed by atoms with E-state index in [1.165, 1.54) is 37.1 Å². The molecule has 1 unspecified atom stereocenters. The Morgan fingerprint density at radius 1 is 1.22 bits per heavy atom. The van der Waals surface area contributed by atoms with Crippen molar-refractivity contribution in [2.45, 2.75) is 30.9 Å². The molecule has 5 heteroatoms. The van der Waals surface area contributed by atoms with Gasteiger partial charge in [-0.3, -0.25) is 0 Å². The first-order valence-corrected chi connectivity index (χ1v) is 8.57. The molecule has 1 aromatic carbocycles. The van der Waals surface area contributed by atoms with Crippen LogP contribution in [-0.2, 0) is 0 Å². The van der Waals surface area contributed by atoms with Crippen molar-refractivity contribution in [3.63, 3.8) is 0 Å². The van der Waals surface area contributed by atoms with E-state index in [2.05, 4.69) is 0 Å². The summed E-state index contributed by atoms with van der Waals surface area (Å²) < 4.78 is 5.52. The lowest BCUT2D eigenvalue weighted by Crippen LogP contribution is -2.01. The maximum absolute atomic E-state index is 9.31. The number of phenolic OH excluding ortho intramolecular Hbond substituents is 2. The summed E-state index contributed by atoms with van der Waals surface area (Å²) in [7, 11) is 4.00. The minimum absolute atomic E-state index is 0.113. The van der Waals surface area contributed by atoms with E-state index in [9.17, 15) is 5.11 Å². The average molecular weight is 286 g/mol. The Morgan fingerprint density at radius 2 is 2.11 bits per heavy atom. The highest BCUT2D eigenvalue weighted by Crippen LogP contribution is 2.39. The standard InChI is InChI=1S/C13H18O3S2/c14-12-5-4-10(9-13(12)15)16-7-2-1-3-11-6-8-17-18-11/h4-5,9,11,14-15H,1-3,6-8H2. The Kier molecular flexibility index (Phi) is 5.38. The molecule has 1 atom stereocenters. The highest BCUT2D eigenvalue weighted by atomic mass is 33.1. The zero-order valence-electron chi connectivity index (χ0n) is 10.2. The van der Waals surface area contributed by atoms with Gasteiger partial charge < -0.3 is 14.9 Å². The van der Waals surface area contributed by atoms with E-state index >= 15 is 0 Å². The highest BCUT2D eigenvalue weighted by Gasteiger charge is 2.15. The average Bonchev–Trinajstić information content (AvgIpc) is 2.86. The molecule has 2 N–H and O–H groups in total. The van der Waals surface area contributed by atoms with Gasteiger partial charge in [0.15, 0.2) is 11.5 Å². The second-order valence-electron chi connectivity index (χ2n) is 4.32. The molecule has 0 amide bonds. The molecule has 0 spiro atoms. The second kappa shape index (κ2) is 7.04. The molecule has 1 aliphatic heterocycles. The quantitative estimate of drug-likeness (QED) is 0.473. The van der Waals surface area contributed by atoms with Gasteiger partial charge in [-0.2, -0.15) is 0 Å². The molecule has 3 nitrogen and oxygen atoms in total. The maximum Gasteiger partial charge on any atom is 0.161 e. The number of phenols is 2. The van der Waals surface area contributed by atoms with Crippen molar-refractivity contribution in [2.24, 2.45) is 0 Å². The summed E-state index contributed by atoms with van der Waals surface area (Å²) in [4.78, 5) is 0. The normalized spacial score (nSPS) is 19.0. The number of benzene rings is 1. The third-order valence-electron chi connectivity index (χ3n) is 2.86. The lowest BCUT2D eigenvalue weighted by molar-refractivity contribution is 0.302. The van der Waals surface area contributed by atoms with Gasteiger partial charge in [-0.1, -0.05) is 21.6 Å². The number of hydrogen-bond donors (Lipinski definition) is 2. The molecule has 1 aromatic rings. The van der Waals surface area contributed by atoms with Crippen LogP contribution in [0.1, 0.15) is 25.7 Å². The molecule has 0 radical (unpaired) electrons. The van der Waals surface area contributed by atoms with Crippen LogP contribution in [0, 0.1) is 0 Å². The van der Waals surface area contributed by atoms with Gasteiger partial charge in [0.25, 0.3) is 0 Å². The molecule has 0 bridgehead atoms. The highest BCUT2D eigenvalue weighted by molar-refractivity contribution is 8.77. The first-order chi connectivity index (χ1) is 8.75. The van der Waals surface area contributed by atoms with Crippen LogP contribution in [-0.4, -0.2) is 27.8 Å². The molecule has 100 valence electrons. The third-order valence-corrected chi connectivity index (χ3v) is 5.87. The van der Waals surface area contributed by atoms with E-state index < -0.39 is 0 Å². The summed E-state index contributed by atoms with van der Waals surface area (Å²) >= 11 is 0. The van der Waals surface area contributed by atoms with Crippen molar-refractivity contribution in [3.8, 4) is 17.2 Å².